The van der Waals surface area contributed by atoms with Crippen molar-refractivity contribution in [1.82, 2.24) is 0 Å². The second-order valence-corrected chi connectivity index (χ2v) is 5.65. The zero-order chi connectivity index (χ0) is 17.8. The van der Waals surface area contributed by atoms with Gasteiger partial charge in [0.15, 0.2) is 5.78 Å². The highest BCUT2D eigenvalue weighted by molar-refractivity contribution is 6.30. The molecule has 1 aromatic heterocycles. The number of nitro groups is 1. The Morgan fingerprint density at radius 1 is 1.08 bits per heavy atom. The molecule has 6 heteroatoms. The Kier molecular flexibility index (Phi) is 4.77. The fraction of sp³-hybridized carbons (Fsp3) is 0. The molecule has 0 saturated heterocycles. The van der Waals surface area contributed by atoms with Crippen molar-refractivity contribution in [3.63, 3.8) is 0 Å². The zero-order valence-electron chi connectivity index (χ0n) is 12.9. The van der Waals surface area contributed by atoms with Crippen molar-refractivity contribution in [1.29, 1.82) is 0 Å². The molecule has 0 aliphatic heterocycles. The third-order valence-electron chi connectivity index (χ3n) is 3.50. The summed E-state index contributed by atoms with van der Waals surface area (Å²) in [7, 11) is 0. The van der Waals surface area contributed by atoms with Crippen molar-refractivity contribution >= 4 is 29.1 Å². The van der Waals surface area contributed by atoms with Crippen molar-refractivity contribution < 1.29 is 14.1 Å². The molecule has 0 unspecified atom stereocenters. The molecule has 0 saturated carbocycles. The Morgan fingerprint density at radius 3 is 2.56 bits per heavy atom. The molecule has 124 valence electrons. The molecule has 0 bridgehead atoms. The first-order valence-corrected chi connectivity index (χ1v) is 7.73. The van der Waals surface area contributed by atoms with Crippen LogP contribution < -0.4 is 0 Å². The smallest absolute Gasteiger partial charge is 0.270 e. The Hall–Kier alpha value is -3.18. The van der Waals surface area contributed by atoms with Crippen LogP contribution >= 0.6 is 11.6 Å². The predicted octanol–water partition coefficient (Wildman–Crippen LogP) is 5.40. The predicted molar refractivity (Wildman–Crippen MR) is 95.6 cm³/mol. The molecular weight excluding hydrogens is 342 g/mol. The van der Waals surface area contributed by atoms with E-state index >= 15 is 0 Å². The number of hydrogen-bond acceptors (Lipinski definition) is 4. The van der Waals surface area contributed by atoms with Gasteiger partial charge in [0.1, 0.15) is 11.5 Å². The summed E-state index contributed by atoms with van der Waals surface area (Å²) in [5, 5.41) is 11.4. The number of rotatable bonds is 5. The van der Waals surface area contributed by atoms with Gasteiger partial charge in [0.2, 0.25) is 0 Å². The van der Waals surface area contributed by atoms with Gasteiger partial charge in [-0.05, 0) is 48.6 Å². The van der Waals surface area contributed by atoms with E-state index in [9.17, 15) is 14.9 Å². The van der Waals surface area contributed by atoms with Crippen LogP contribution in [0.2, 0.25) is 5.02 Å². The minimum absolute atomic E-state index is 0.0103. The van der Waals surface area contributed by atoms with E-state index in [-0.39, 0.29) is 11.5 Å². The van der Waals surface area contributed by atoms with Gasteiger partial charge in [0, 0.05) is 28.3 Å². The van der Waals surface area contributed by atoms with E-state index in [1.807, 2.05) is 0 Å². The number of carbonyl (C=O) groups is 1. The van der Waals surface area contributed by atoms with E-state index in [1.165, 1.54) is 18.2 Å². The first-order chi connectivity index (χ1) is 12.0. The SMILES string of the molecule is O=C(/C=C\c1ccc(-c2cccc([N+](=O)[O-])c2)o1)c1ccc(Cl)cc1. The number of halogens is 1. The van der Waals surface area contributed by atoms with Crippen LogP contribution in [-0.4, -0.2) is 10.7 Å². The summed E-state index contributed by atoms with van der Waals surface area (Å²) in [6.45, 7) is 0. The van der Waals surface area contributed by atoms with Crippen LogP contribution in [0.1, 0.15) is 16.1 Å². The molecule has 0 aliphatic carbocycles. The van der Waals surface area contributed by atoms with Gasteiger partial charge in [0.05, 0.1) is 4.92 Å². The van der Waals surface area contributed by atoms with Gasteiger partial charge < -0.3 is 4.42 Å². The fourth-order valence-electron chi connectivity index (χ4n) is 2.24. The summed E-state index contributed by atoms with van der Waals surface area (Å²) in [6.07, 6.45) is 2.96. The van der Waals surface area contributed by atoms with Gasteiger partial charge in [-0.2, -0.15) is 0 Å². The quantitative estimate of drug-likeness (QED) is 0.266. The average molecular weight is 354 g/mol. The molecule has 0 spiro atoms. The third-order valence-corrected chi connectivity index (χ3v) is 3.75. The molecule has 25 heavy (non-hydrogen) atoms. The summed E-state index contributed by atoms with van der Waals surface area (Å²) in [5.74, 6) is 0.788. The minimum atomic E-state index is -0.460. The highest BCUT2D eigenvalue weighted by atomic mass is 35.5. The Bertz CT molecular complexity index is 958. The number of carbonyl (C=O) groups excluding carboxylic acids is 1. The topological polar surface area (TPSA) is 73.3 Å². The summed E-state index contributed by atoms with van der Waals surface area (Å²) < 4.78 is 5.63. The number of hydrogen-bond donors (Lipinski definition) is 0. The van der Waals surface area contributed by atoms with E-state index in [2.05, 4.69) is 0 Å². The summed E-state index contributed by atoms with van der Waals surface area (Å²) in [5.41, 5.74) is 1.10. The van der Waals surface area contributed by atoms with Crippen molar-refractivity contribution in [2.24, 2.45) is 0 Å². The van der Waals surface area contributed by atoms with Crippen molar-refractivity contribution in [2.75, 3.05) is 0 Å². The second-order valence-electron chi connectivity index (χ2n) is 5.21. The average Bonchev–Trinajstić information content (AvgIpc) is 3.09. The van der Waals surface area contributed by atoms with Crippen LogP contribution in [0.25, 0.3) is 17.4 Å². The maximum Gasteiger partial charge on any atom is 0.270 e. The van der Waals surface area contributed by atoms with E-state index in [0.29, 0.717) is 27.7 Å². The van der Waals surface area contributed by atoms with Crippen LogP contribution in [0.4, 0.5) is 5.69 Å². The number of ketones is 1. The number of non-ortho nitro benzene ring substituents is 1. The third kappa shape index (κ3) is 4.02. The van der Waals surface area contributed by atoms with E-state index in [1.54, 1.807) is 54.6 Å². The number of benzene rings is 2. The molecule has 0 N–H and O–H groups in total. The van der Waals surface area contributed by atoms with Gasteiger partial charge in [-0.25, -0.2) is 0 Å². The number of allylic oxidation sites excluding steroid dienone is 1. The Morgan fingerprint density at radius 2 is 1.84 bits per heavy atom. The van der Waals surface area contributed by atoms with Crippen LogP contribution in [-0.2, 0) is 0 Å². The van der Waals surface area contributed by atoms with Crippen LogP contribution in [0.5, 0.6) is 0 Å². The lowest BCUT2D eigenvalue weighted by Crippen LogP contribution is -1.92. The molecule has 1 heterocycles. The lowest BCUT2D eigenvalue weighted by molar-refractivity contribution is -0.384. The second kappa shape index (κ2) is 7.15. The van der Waals surface area contributed by atoms with Gasteiger partial charge >= 0.3 is 0 Å². The normalized spacial score (nSPS) is 10.9. The largest absolute Gasteiger partial charge is 0.457 e. The van der Waals surface area contributed by atoms with Gasteiger partial charge in [-0.1, -0.05) is 23.7 Å². The van der Waals surface area contributed by atoms with Crippen molar-refractivity contribution in [3.8, 4) is 11.3 Å². The lowest BCUT2D eigenvalue weighted by Gasteiger charge is -1.97. The van der Waals surface area contributed by atoms with E-state index in [0.717, 1.165) is 0 Å². The summed E-state index contributed by atoms with van der Waals surface area (Å²) in [4.78, 5) is 22.5. The molecule has 0 atom stereocenters. The molecule has 0 radical (unpaired) electrons. The zero-order valence-corrected chi connectivity index (χ0v) is 13.6. The molecule has 0 aliphatic rings. The molecule has 0 fully saturated rings. The molecule has 3 aromatic rings. The van der Waals surface area contributed by atoms with Crippen molar-refractivity contribution in [3.05, 3.63) is 93.2 Å². The Balaban J connectivity index is 1.77. The number of nitro benzene ring substituents is 1. The number of furan rings is 1. The first kappa shape index (κ1) is 16.7. The molecule has 2 aromatic carbocycles. The van der Waals surface area contributed by atoms with Crippen LogP contribution in [0.15, 0.2) is 71.2 Å². The maximum absolute atomic E-state index is 12.1. The molecule has 5 nitrogen and oxygen atoms in total. The van der Waals surface area contributed by atoms with Crippen LogP contribution in [0.3, 0.4) is 0 Å². The van der Waals surface area contributed by atoms with Crippen LogP contribution in [0, 0.1) is 10.1 Å². The Labute approximate surface area is 148 Å². The monoisotopic (exact) mass is 353 g/mol. The molecule has 0 amide bonds. The highest BCUT2D eigenvalue weighted by Gasteiger charge is 2.10. The number of nitrogens with zero attached hydrogens (tertiary/aromatic N) is 1. The fourth-order valence-corrected chi connectivity index (χ4v) is 2.36. The maximum atomic E-state index is 12.1. The summed E-state index contributed by atoms with van der Waals surface area (Å²) in [6, 6.07) is 16.1. The summed E-state index contributed by atoms with van der Waals surface area (Å²) >= 11 is 5.79. The van der Waals surface area contributed by atoms with Gasteiger partial charge in [-0.3, -0.25) is 14.9 Å². The lowest BCUT2D eigenvalue weighted by atomic mass is 10.1. The van der Waals surface area contributed by atoms with Gasteiger partial charge in [-0.15, -0.1) is 0 Å². The molecular formula is C19H12ClNO4. The first-order valence-electron chi connectivity index (χ1n) is 7.35. The van der Waals surface area contributed by atoms with E-state index < -0.39 is 4.92 Å². The van der Waals surface area contributed by atoms with Crippen molar-refractivity contribution in [2.45, 2.75) is 0 Å². The standard InChI is InChI=1S/C19H12ClNO4/c20-15-6-4-13(5-7-15)18(22)10-8-17-9-11-19(25-17)14-2-1-3-16(12-14)21(23)24/h1-12H/b10-8-. The van der Waals surface area contributed by atoms with Gasteiger partial charge in [0.25, 0.3) is 5.69 Å². The van der Waals surface area contributed by atoms with E-state index in [4.69, 9.17) is 16.0 Å². The highest BCUT2D eigenvalue weighted by Crippen LogP contribution is 2.26. The molecule has 3 rings (SSSR count). The minimum Gasteiger partial charge on any atom is -0.457 e.